The van der Waals surface area contributed by atoms with Crippen LogP contribution in [-0.4, -0.2) is 87.2 Å². The van der Waals surface area contributed by atoms with Crippen molar-refractivity contribution in [2.75, 3.05) is 55.5 Å². The quantitative estimate of drug-likeness (QED) is 0.0541. The first-order chi connectivity index (χ1) is 38.8. The van der Waals surface area contributed by atoms with E-state index < -0.39 is 35.0 Å². The number of nitrogens with zero attached hydrogens (tertiary/aromatic N) is 4. The van der Waals surface area contributed by atoms with Gasteiger partial charge in [-0.25, -0.2) is 19.6 Å². The van der Waals surface area contributed by atoms with Crippen LogP contribution < -0.4 is 9.47 Å². The number of aromatic nitrogens is 2. The molecule has 2 aromatic heterocycles. The fourth-order valence-corrected chi connectivity index (χ4v) is 12.2. The lowest BCUT2D eigenvalue weighted by molar-refractivity contribution is -0.161. The molecule has 10 aromatic rings. The molecule has 0 unspecified atom stereocenters. The van der Waals surface area contributed by atoms with Crippen molar-refractivity contribution >= 4 is 87.1 Å². The molecule has 404 valence electrons. The number of fused-ring (bicyclic) bond motifs is 4. The van der Waals surface area contributed by atoms with Gasteiger partial charge in [0.15, 0.2) is 11.2 Å². The second-order valence-corrected chi connectivity index (χ2v) is 22.5. The van der Waals surface area contributed by atoms with Gasteiger partial charge in [-0.3, -0.25) is 0 Å². The Morgan fingerprint density at radius 1 is 0.475 bits per heavy atom. The molecule has 0 bridgehead atoms. The molecule has 2 heterocycles. The summed E-state index contributed by atoms with van der Waals surface area (Å²) in [5.74, 6) is -2.13. The molecular weight excluding hydrogens is 1130 g/mol. The standard InChI is InChI=1S/C68H62Br2N4O6/c1-73(2)39-37-67(57-29-17-25-45-19-13-15-27-53(45)57,63(47-21-9-7-10-22-47)55-43-49-41-51(69)31-33-59(49)71-65(55)77-5)79-61(75)35-36-62(76)80-68(38-40-74(3)4,58-30-18-26-46-20-14-16-28-54(46)58)64(48-23-11-8-12-24-48)56-44-50-42-52(70)32-34-60(50)72-66(56)78-6/h7-36,41-44,63-64H,37-40H2,1-6H3/b36-35+/t63-,64-,67-,68-/m1/s1. The van der Waals surface area contributed by atoms with E-state index in [4.69, 9.17) is 28.9 Å². The first-order valence-electron chi connectivity index (χ1n) is 26.6. The van der Waals surface area contributed by atoms with Crippen molar-refractivity contribution in [3.05, 3.63) is 249 Å². The Kier molecular flexibility index (Phi) is 16.9. The van der Waals surface area contributed by atoms with Crippen LogP contribution in [0.5, 0.6) is 11.8 Å². The third kappa shape index (κ3) is 11.5. The molecule has 0 saturated heterocycles. The van der Waals surface area contributed by atoms with Crippen LogP contribution in [-0.2, 0) is 30.3 Å². The van der Waals surface area contributed by atoms with E-state index in [1.54, 1.807) is 14.2 Å². The molecular formula is C68H62Br2N4O6. The van der Waals surface area contributed by atoms with Gasteiger partial charge in [-0.15, -0.1) is 0 Å². The maximum Gasteiger partial charge on any atom is 0.331 e. The van der Waals surface area contributed by atoms with Crippen LogP contribution in [0.25, 0.3) is 43.4 Å². The minimum Gasteiger partial charge on any atom is -0.481 e. The highest BCUT2D eigenvalue weighted by molar-refractivity contribution is 9.10. The Morgan fingerprint density at radius 2 is 0.850 bits per heavy atom. The van der Waals surface area contributed by atoms with Gasteiger partial charge in [-0.1, -0.05) is 177 Å². The van der Waals surface area contributed by atoms with E-state index in [0.717, 1.165) is 74.5 Å². The van der Waals surface area contributed by atoms with E-state index in [-0.39, 0.29) is 0 Å². The van der Waals surface area contributed by atoms with Crippen molar-refractivity contribution in [1.29, 1.82) is 0 Å². The summed E-state index contributed by atoms with van der Waals surface area (Å²) in [5.41, 5.74) is 3.28. The summed E-state index contributed by atoms with van der Waals surface area (Å²) in [6.45, 7) is 1.01. The monoisotopic (exact) mass is 1190 g/mol. The van der Waals surface area contributed by atoms with E-state index in [1.165, 1.54) is 12.2 Å². The summed E-state index contributed by atoms with van der Waals surface area (Å²) >= 11 is 7.39. The van der Waals surface area contributed by atoms with Crippen LogP contribution in [0.15, 0.2) is 215 Å². The number of pyridine rings is 2. The lowest BCUT2D eigenvalue weighted by Gasteiger charge is -2.43. The molecule has 80 heavy (non-hydrogen) atoms. The molecule has 0 saturated carbocycles. The van der Waals surface area contributed by atoms with Gasteiger partial charge in [0.05, 0.1) is 37.1 Å². The number of carbonyl (C=O) groups excluding carboxylic acids is 2. The van der Waals surface area contributed by atoms with Gasteiger partial charge in [0, 0.05) is 80.1 Å². The Balaban J connectivity index is 1.17. The predicted molar refractivity (Wildman–Crippen MR) is 327 cm³/mol. The number of carbonyl (C=O) groups is 2. The number of hydrogen-bond donors (Lipinski definition) is 0. The fourth-order valence-electron chi connectivity index (χ4n) is 11.5. The minimum atomic E-state index is -1.46. The van der Waals surface area contributed by atoms with Crippen molar-refractivity contribution in [1.82, 2.24) is 19.8 Å². The number of ether oxygens (including phenoxy) is 4. The molecule has 10 rings (SSSR count). The highest BCUT2D eigenvalue weighted by Crippen LogP contribution is 2.54. The van der Waals surface area contributed by atoms with Crippen LogP contribution in [0.4, 0.5) is 0 Å². The Labute approximate surface area is 484 Å². The summed E-state index contributed by atoms with van der Waals surface area (Å²) in [5, 5.41) is 5.48. The van der Waals surface area contributed by atoms with Crippen LogP contribution in [0, 0.1) is 0 Å². The zero-order valence-electron chi connectivity index (χ0n) is 45.6. The normalized spacial score (nSPS) is 14.1. The van der Waals surface area contributed by atoms with Crippen LogP contribution >= 0.6 is 31.9 Å². The molecule has 0 aliphatic rings. The second-order valence-electron chi connectivity index (χ2n) is 20.6. The van der Waals surface area contributed by atoms with Gasteiger partial charge in [0.25, 0.3) is 0 Å². The number of esters is 2. The highest BCUT2D eigenvalue weighted by Gasteiger charge is 2.50. The van der Waals surface area contributed by atoms with Gasteiger partial charge in [-0.2, -0.15) is 0 Å². The molecule has 0 amide bonds. The van der Waals surface area contributed by atoms with Crippen molar-refractivity contribution < 1.29 is 28.5 Å². The molecule has 0 radical (unpaired) electrons. The van der Waals surface area contributed by atoms with Crippen molar-refractivity contribution in [2.45, 2.75) is 35.9 Å². The molecule has 4 atom stereocenters. The summed E-state index contributed by atoms with van der Waals surface area (Å²) in [6.07, 6.45) is 3.06. The van der Waals surface area contributed by atoms with Crippen molar-refractivity contribution in [2.24, 2.45) is 0 Å². The molecule has 10 nitrogen and oxygen atoms in total. The van der Waals surface area contributed by atoms with Gasteiger partial charge in [0.1, 0.15) is 0 Å². The maximum absolute atomic E-state index is 15.5. The Bertz CT molecular complexity index is 3630. The Morgan fingerprint density at radius 3 is 1.24 bits per heavy atom. The number of hydrogen-bond acceptors (Lipinski definition) is 10. The molecule has 8 aromatic carbocycles. The first kappa shape index (κ1) is 55.6. The molecule has 12 heteroatoms. The zero-order valence-corrected chi connectivity index (χ0v) is 48.8. The topological polar surface area (TPSA) is 103 Å². The molecule has 0 aliphatic heterocycles. The number of halogens is 2. The van der Waals surface area contributed by atoms with Gasteiger partial charge >= 0.3 is 11.9 Å². The van der Waals surface area contributed by atoms with Gasteiger partial charge < -0.3 is 28.7 Å². The van der Waals surface area contributed by atoms with Gasteiger partial charge in [-0.05, 0) is 109 Å². The van der Waals surface area contributed by atoms with Crippen LogP contribution in [0.2, 0.25) is 0 Å². The predicted octanol–water partition coefficient (Wildman–Crippen LogP) is 14.9. The van der Waals surface area contributed by atoms with E-state index in [9.17, 15) is 0 Å². The molecule has 0 fully saturated rings. The molecule has 0 aliphatic carbocycles. The highest BCUT2D eigenvalue weighted by atomic mass is 79.9. The van der Waals surface area contributed by atoms with Crippen LogP contribution in [0.3, 0.4) is 0 Å². The third-order valence-corrected chi connectivity index (χ3v) is 16.0. The number of methoxy groups -OCH3 is 2. The number of rotatable bonds is 20. The SMILES string of the molecule is COc1nc2ccc(Br)cc2cc1[C@@H](c1ccccc1)[C@](CCN(C)C)(OC(=O)/C=C/C(=O)O[C@](CCN(C)C)(c1cccc2ccccc12)[C@H](c1ccccc1)c1cc2cc(Br)ccc2nc1OC)c1cccc2ccccc12. The second kappa shape index (κ2) is 24.3. The third-order valence-electron chi connectivity index (χ3n) is 15.0. The Hall–Kier alpha value is -7.74. The first-order valence-corrected chi connectivity index (χ1v) is 28.2. The largest absolute Gasteiger partial charge is 0.481 e. The minimum absolute atomic E-state index is 0.322. The van der Waals surface area contributed by atoms with E-state index in [0.29, 0.717) is 48.8 Å². The molecule has 0 N–H and O–H groups in total. The fraction of sp³-hybridized carbons (Fsp3) is 0.206. The maximum atomic E-state index is 15.5. The molecule has 0 spiro atoms. The van der Waals surface area contributed by atoms with E-state index >= 15 is 9.59 Å². The van der Waals surface area contributed by atoms with E-state index in [1.807, 2.05) is 150 Å². The smallest absolute Gasteiger partial charge is 0.331 e. The van der Waals surface area contributed by atoms with Crippen molar-refractivity contribution in [3.8, 4) is 11.8 Å². The lowest BCUT2D eigenvalue weighted by Crippen LogP contribution is -2.42. The average Bonchev–Trinajstić information content (AvgIpc) is 2.92. The summed E-state index contributed by atoms with van der Waals surface area (Å²) in [4.78, 5) is 45.4. The summed E-state index contributed by atoms with van der Waals surface area (Å²) < 4.78 is 28.7. The summed E-state index contributed by atoms with van der Waals surface area (Å²) in [7, 11) is 11.2. The number of benzene rings is 8. The van der Waals surface area contributed by atoms with Crippen molar-refractivity contribution in [3.63, 3.8) is 0 Å². The van der Waals surface area contributed by atoms with E-state index in [2.05, 4.69) is 114 Å². The van der Waals surface area contributed by atoms with Gasteiger partial charge in [0.2, 0.25) is 11.8 Å². The average molecular weight is 1190 g/mol. The van der Waals surface area contributed by atoms with Crippen LogP contribution in [0.1, 0.15) is 58.1 Å². The lowest BCUT2D eigenvalue weighted by atomic mass is 9.70. The summed E-state index contributed by atoms with van der Waals surface area (Å²) in [6, 6.07) is 64.6. The zero-order chi connectivity index (χ0) is 56.0.